The summed E-state index contributed by atoms with van der Waals surface area (Å²) in [5.74, 6) is -1.13. The minimum Gasteiger partial charge on any atom is -0.481 e. The quantitative estimate of drug-likeness (QED) is 0.584. The van der Waals surface area contributed by atoms with Gasteiger partial charge in [0.1, 0.15) is 5.92 Å². The number of hydrogen-bond donors (Lipinski definition) is 3. The monoisotopic (exact) mass is 262 g/mol. The third-order valence-electron chi connectivity index (χ3n) is 2.70. The normalized spacial score (nSPS) is 25.5. The first-order valence-corrected chi connectivity index (χ1v) is 6.81. The van der Waals surface area contributed by atoms with Gasteiger partial charge in [-0.3, -0.25) is 9.59 Å². The topological polar surface area (TPSA) is 102 Å². The predicted molar refractivity (Wildman–Crippen MR) is 64.8 cm³/mol. The Morgan fingerprint density at radius 1 is 1.59 bits per heavy atom. The number of carbonyl (C=O) groups excluding carboxylic acids is 1. The second kappa shape index (κ2) is 6.83. The van der Waals surface area contributed by atoms with Crippen molar-refractivity contribution in [3.05, 3.63) is 0 Å². The van der Waals surface area contributed by atoms with E-state index in [9.17, 15) is 9.59 Å². The average Bonchev–Trinajstić information content (AvgIpc) is 2.73. The van der Waals surface area contributed by atoms with Crippen molar-refractivity contribution in [3.63, 3.8) is 0 Å². The maximum atomic E-state index is 11.7. The molecule has 1 amide bonds. The Balaban J connectivity index is 2.42. The number of carbonyl (C=O) groups is 2. The Hall–Kier alpha value is -0.790. The molecule has 0 bridgehead atoms. The standard InChI is InChI=1S/C10H18N2O4S/c1-17-3-2-7(11)9(13)12-8-5-16-4-6(8)10(14)15/h6-8H,2-5,11H2,1H3,(H,12,13)(H,14,15)/t6?,7-,8?/m0/s1. The molecule has 0 aromatic carbocycles. The summed E-state index contributed by atoms with van der Waals surface area (Å²) >= 11 is 1.62. The van der Waals surface area contributed by atoms with E-state index in [1.807, 2.05) is 6.26 Å². The van der Waals surface area contributed by atoms with E-state index in [-0.39, 0.29) is 19.1 Å². The Morgan fingerprint density at radius 2 is 2.29 bits per heavy atom. The van der Waals surface area contributed by atoms with Gasteiger partial charge in [0.15, 0.2) is 0 Å². The van der Waals surface area contributed by atoms with Gasteiger partial charge in [0, 0.05) is 0 Å². The number of nitrogens with one attached hydrogen (secondary N) is 1. The van der Waals surface area contributed by atoms with Crippen LogP contribution >= 0.6 is 11.8 Å². The molecule has 1 saturated heterocycles. The maximum Gasteiger partial charge on any atom is 0.311 e. The van der Waals surface area contributed by atoms with Crippen molar-refractivity contribution in [1.82, 2.24) is 5.32 Å². The molecule has 0 aromatic heterocycles. The van der Waals surface area contributed by atoms with Crippen LogP contribution in [0, 0.1) is 5.92 Å². The van der Waals surface area contributed by atoms with Crippen LogP contribution in [0.25, 0.3) is 0 Å². The Bertz CT molecular complexity index is 287. The lowest BCUT2D eigenvalue weighted by Gasteiger charge is -2.18. The fraction of sp³-hybridized carbons (Fsp3) is 0.800. The molecular formula is C10H18N2O4S. The van der Waals surface area contributed by atoms with Gasteiger partial charge in [-0.2, -0.15) is 11.8 Å². The molecule has 1 aliphatic heterocycles. The zero-order valence-electron chi connectivity index (χ0n) is 9.72. The minimum absolute atomic E-state index is 0.139. The molecule has 1 fully saturated rings. The summed E-state index contributed by atoms with van der Waals surface area (Å²) < 4.78 is 5.05. The first kappa shape index (κ1) is 14.3. The molecule has 0 saturated carbocycles. The number of hydrogen-bond acceptors (Lipinski definition) is 5. The fourth-order valence-corrected chi connectivity index (χ4v) is 2.10. The molecule has 98 valence electrons. The van der Waals surface area contributed by atoms with Crippen LogP contribution in [0.1, 0.15) is 6.42 Å². The first-order valence-electron chi connectivity index (χ1n) is 5.41. The van der Waals surface area contributed by atoms with Gasteiger partial charge in [-0.05, 0) is 18.4 Å². The fourth-order valence-electron chi connectivity index (χ4n) is 1.61. The SMILES string of the molecule is CSCC[C@H](N)C(=O)NC1COCC1C(=O)O. The number of aliphatic carboxylic acids is 1. The van der Waals surface area contributed by atoms with Gasteiger partial charge in [-0.1, -0.05) is 0 Å². The largest absolute Gasteiger partial charge is 0.481 e. The number of nitrogens with two attached hydrogens (primary N) is 1. The highest BCUT2D eigenvalue weighted by molar-refractivity contribution is 7.98. The number of carboxylic acids is 1. The molecule has 1 heterocycles. The molecule has 3 atom stereocenters. The molecule has 7 heteroatoms. The van der Waals surface area contributed by atoms with Gasteiger partial charge in [0.2, 0.25) is 5.91 Å². The molecule has 0 aromatic rings. The molecule has 17 heavy (non-hydrogen) atoms. The van der Waals surface area contributed by atoms with Crippen molar-refractivity contribution in [2.45, 2.75) is 18.5 Å². The van der Waals surface area contributed by atoms with Crippen molar-refractivity contribution in [3.8, 4) is 0 Å². The molecule has 6 nitrogen and oxygen atoms in total. The lowest BCUT2D eigenvalue weighted by atomic mass is 10.0. The van der Waals surface area contributed by atoms with Gasteiger partial charge in [0.05, 0.1) is 25.3 Å². The van der Waals surface area contributed by atoms with E-state index < -0.39 is 24.0 Å². The third kappa shape index (κ3) is 4.18. The van der Waals surface area contributed by atoms with Gasteiger partial charge in [-0.15, -0.1) is 0 Å². The van der Waals surface area contributed by atoms with Crippen molar-refractivity contribution in [2.24, 2.45) is 11.7 Å². The van der Waals surface area contributed by atoms with E-state index in [2.05, 4.69) is 5.32 Å². The lowest BCUT2D eigenvalue weighted by molar-refractivity contribution is -0.142. The molecule has 4 N–H and O–H groups in total. The highest BCUT2D eigenvalue weighted by Gasteiger charge is 2.35. The number of amides is 1. The molecule has 0 spiro atoms. The number of ether oxygens (including phenoxy) is 1. The van der Waals surface area contributed by atoms with Crippen LogP contribution in [0.3, 0.4) is 0 Å². The van der Waals surface area contributed by atoms with Gasteiger partial charge in [-0.25, -0.2) is 0 Å². The lowest BCUT2D eigenvalue weighted by Crippen LogP contribution is -2.49. The zero-order valence-corrected chi connectivity index (χ0v) is 10.5. The molecule has 1 aliphatic rings. The summed E-state index contributed by atoms with van der Waals surface area (Å²) in [7, 11) is 0. The van der Waals surface area contributed by atoms with Crippen LogP contribution in [-0.4, -0.2) is 54.3 Å². The van der Waals surface area contributed by atoms with Crippen molar-refractivity contribution in [1.29, 1.82) is 0 Å². The van der Waals surface area contributed by atoms with Crippen molar-refractivity contribution < 1.29 is 19.4 Å². The highest BCUT2D eigenvalue weighted by atomic mass is 32.2. The molecule has 2 unspecified atom stereocenters. The van der Waals surface area contributed by atoms with Crippen LogP contribution in [0.2, 0.25) is 0 Å². The first-order chi connectivity index (χ1) is 8.06. The van der Waals surface area contributed by atoms with Crippen molar-refractivity contribution in [2.75, 3.05) is 25.2 Å². The van der Waals surface area contributed by atoms with Crippen molar-refractivity contribution >= 4 is 23.6 Å². The summed E-state index contributed by atoms with van der Waals surface area (Å²) in [4.78, 5) is 22.5. The molecular weight excluding hydrogens is 244 g/mol. The van der Waals surface area contributed by atoms with Gasteiger partial charge in [0.25, 0.3) is 0 Å². The number of rotatable bonds is 6. The van der Waals surface area contributed by atoms with Crippen LogP contribution in [0.4, 0.5) is 0 Å². The molecule has 0 aliphatic carbocycles. The summed E-state index contributed by atoms with van der Waals surface area (Å²) in [6.45, 7) is 0.373. The van der Waals surface area contributed by atoms with E-state index in [0.29, 0.717) is 6.42 Å². The Morgan fingerprint density at radius 3 is 2.88 bits per heavy atom. The average molecular weight is 262 g/mol. The summed E-state index contributed by atoms with van der Waals surface area (Å²) in [6, 6.07) is -1.06. The summed E-state index contributed by atoms with van der Waals surface area (Å²) in [5, 5.41) is 11.6. The zero-order chi connectivity index (χ0) is 12.8. The van der Waals surface area contributed by atoms with Crippen LogP contribution in [0.5, 0.6) is 0 Å². The number of carboxylic acid groups (broad SMARTS) is 1. The summed E-state index contributed by atoms with van der Waals surface area (Å²) in [5.41, 5.74) is 5.69. The molecule has 0 radical (unpaired) electrons. The number of thioether (sulfide) groups is 1. The van der Waals surface area contributed by atoms with Crippen LogP contribution in [-0.2, 0) is 14.3 Å². The smallest absolute Gasteiger partial charge is 0.311 e. The predicted octanol–water partition coefficient (Wildman–Crippen LogP) is -0.717. The van der Waals surface area contributed by atoms with Gasteiger partial charge < -0.3 is 20.9 Å². The van der Waals surface area contributed by atoms with E-state index in [0.717, 1.165) is 5.75 Å². The van der Waals surface area contributed by atoms with Gasteiger partial charge >= 0.3 is 5.97 Å². The highest BCUT2D eigenvalue weighted by Crippen LogP contribution is 2.14. The maximum absolute atomic E-state index is 11.7. The van der Waals surface area contributed by atoms with E-state index >= 15 is 0 Å². The third-order valence-corrected chi connectivity index (χ3v) is 3.34. The minimum atomic E-state index is -0.953. The van der Waals surface area contributed by atoms with Crippen LogP contribution in [0.15, 0.2) is 0 Å². The van der Waals surface area contributed by atoms with E-state index in [1.165, 1.54) is 0 Å². The second-order valence-electron chi connectivity index (χ2n) is 3.99. The van der Waals surface area contributed by atoms with Crippen LogP contribution < -0.4 is 11.1 Å². The summed E-state index contributed by atoms with van der Waals surface area (Å²) in [6.07, 6.45) is 2.52. The van der Waals surface area contributed by atoms with E-state index in [4.69, 9.17) is 15.6 Å². The Labute approximate surface area is 104 Å². The second-order valence-corrected chi connectivity index (χ2v) is 4.97. The Kier molecular flexibility index (Phi) is 5.73. The molecule has 1 rings (SSSR count). The van der Waals surface area contributed by atoms with E-state index in [1.54, 1.807) is 11.8 Å².